The van der Waals surface area contributed by atoms with E-state index in [1.54, 1.807) is 11.8 Å². The number of rotatable bonds is 3. The zero-order chi connectivity index (χ0) is 18.3. The monoisotopic (exact) mass is 426 g/mol. The molecule has 1 saturated heterocycles. The van der Waals surface area contributed by atoms with Gasteiger partial charge in [-0.2, -0.15) is 0 Å². The Morgan fingerprint density at radius 1 is 1.08 bits per heavy atom. The van der Waals surface area contributed by atoms with Gasteiger partial charge in [-0.15, -0.1) is 0 Å². The van der Waals surface area contributed by atoms with Crippen LogP contribution < -0.4 is 4.90 Å². The van der Waals surface area contributed by atoms with Crippen LogP contribution in [0.25, 0.3) is 0 Å². The molecule has 4 nitrogen and oxygen atoms in total. The highest BCUT2D eigenvalue weighted by Gasteiger charge is 2.47. The first-order valence-electron chi connectivity index (χ1n) is 8.11. The molecule has 4 rings (SSSR count). The van der Waals surface area contributed by atoms with Crippen LogP contribution in [0.15, 0.2) is 53.5 Å². The summed E-state index contributed by atoms with van der Waals surface area (Å²) in [6.07, 6.45) is 0. The molecule has 2 heterocycles. The first kappa shape index (κ1) is 18.2. The Morgan fingerprint density at radius 3 is 2.58 bits per heavy atom. The van der Waals surface area contributed by atoms with E-state index in [0.29, 0.717) is 10.0 Å². The van der Waals surface area contributed by atoms with Crippen molar-refractivity contribution >= 4 is 55.7 Å². The van der Waals surface area contributed by atoms with E-state index in [9.17, 15) is 8.42 Å². The Bertz CT molecular complexity index is 961. The number of amidine groups is 1. The number of hydrogen-bond donors (Lipinski definition) is 0. The standard InChI is InChI=1S/C18H16Cl2N2O2S2/c19-13-6-4-12(5-7-13)9-25-18-21-16-10-26(23,24)11-17(16)22(18)15-3-1-2-14(20)8-15/h1-8,16-17H,9-11H2/t16-,17+/m1/s1. The molecule has 0 aromatic heterocycles. The maximum absolute atomic E-state index is 12.1. The zero-order valence-corrected chi connectivity index (χ0v) is 16.8. The minimum atomic E-state index is -3.06. The van der Waals surface area contributed by atoms with Gasteiger partial charge < -0.3 is 4.90 Å². The number of nitrogens with zero attached hydrogens (tertiary/aromatic N) is 2. The lowest BCUT2D eigenvalue weighted by Gasteiger charge is -2.26. The average molecular weight is 427 g/mol. The quantitative estimate of drug-likeness (QED) is 0.734. The van der Waals surface area contributed by atoms with Gasteiger partial charge in [-0.05, 0) is 35.9 Å². The van der Waals surface area contributed by atoms with Crippen LogP contribution in [-0.4, -0.2) is 37.2 Å². The van der Waals surface area contributed by atoms with Crippen molar-refractivity contribution in [3.05, 3.63) is 64.1 Å². The maximum atomic E-state index is 12.1. The number of halogens is 2. The van der Waals surface area contributed by atoms with Gasteiger partial charge in [0.1, 0.15) is 0 Å². The number of sulfone groups is 1. The van der Waals surface area contributed by atoms with E-state index in [0.717, 1.165) is 22.2 Å². The number of hydrogen-bond acceptors (Lipinski definition) is 5. The highest BCUT2D eigenvalue weighted by molar-refractivity contribution is 8.13. The van der Waals surface area contributed by atoms with Crippen molar-refractivity contribution < 1.29 is 8.42 Å². The van der Waals surface area contributed by atoms with Crippen LogP contribution in [0, 0.1) is 0 Å². The van der Waals surface area contributed by atoms with Gasteiger partial charge >= 0.3 is 0 Å². The maximum Gasteiger partial charge on any atom is 0.164 e. The Balaban J connectivity index is 1.61. The third kappa shape index (κ3) is 3.74. The average Bonchev–Trinajstić information content (AvgIpc) is 3.05. The molecule has 0 aliphatic carbocycles. The molecule has 0 N–H and O–H groups in total. The molecule has 0 radical (unpaired) electrons. The second-order valence-electron chi connectivity index (χ2n) is 6.39. The molecular weight excluding hydrogens is 411 g/mol. The van der Waals surface area contributed by atoms with Gasteiger partial charge in [0.25, 0.3) is 0 Å². The molecule has 0 saturated carbocycles. The van der Waals surface area contributed by atoms with Crippen LogP contribution in [0.3, 0.4) is 0 Å². The van der Waals surface area contributed by atoms with Crippen LogP contribution >= 0.6 is 35.0 Å². The zero-order valence-electron chi connectivity index (χ0n) is 13.7. The molecule has 2 atom stereocenters. The molecule has 0 bridgehead atoms. The summed E-state index contributed by atoms with van der Waals surface area (Å²) in [5, 5.41) is 2.17. The predicted octanol–water partition coefficient (Wildman–Crippen LogP) is 4.27. The molecular formula is C18H16Cl2N2O2S2. The van der Waals surface area contributed by atoms with Crippen molar-refractivity contribution in [1.82, 2.24) is 0 Å². The molecule has 2 aromatic carbocycles. The van der Waals surface area contributed by atoms with Crippen molar-refractivity contribution in [1.29, 1.82) is 0 Å². The molecule has 1 fully saturated rings. The third-order valence-corrected chi connectivity index (χ3v) is 7.70. The van der Waals surface area contributed by atoms with Gasteiger partial charge in [0.15, 0.2) is 15.0 Å². The van der Waals surface area contributed by atoms with Crippen molar-refractivity contribution in [3.63, 3.8) is 0 Å². The summed E-state index contributed by atoms with van der Waals surface area (Å²) in [5.41, 5.74) is 2.02. The minimum Gasteiger partial charge on any atom is -0.315 e. The second-order valence-corrected chi connectivity index (χ2v) is 10.4. The van der Waals surface area contributed by atoms with E-state index < -0.39 is 9.84 Å². The van der Waals surface area contributed by atoms with E-state index in [4.69, 9.17) is 28.2 Å². The van der Waals surface area contributed by atoms with Gasteiger partial charge in [0, 0.05) is 21.5 Å². The second kappa shape index (κ2) is 7.08. The summed E-state index contributed by atoms with van der Waals surface area (Å²) in [6.45, 7) is 0. The van der Waals surface area contributed by atoms with Crippen molar-refractivity contribution in [2.45, 2.75) is 17.8 Å². The molecule has 0 spiro atoms. The molecule has 2 aliphatic heterocycles. The first-order valence-corrected chi connectivity index (χ1v) is 11.7. The topological polar surface area (TPSA) is 49.7 Å². The summed E-state index contributed by atoms with van der Waals surface area (Å²) in [6, 6.07) is 14.8. The number of fused-ring (bicyclic) bond motifs is 1. The van der Waals surface area contributed by atoms with Crippen LogP contribution in [0.1, 0.15) is 5.56 Å². The van der Waals surface area contributed by atoms with E-state index in [2.05, 4.69) is 0 Å². The number of benzene rings is 2. The van der Waals surface area contributed by atoms with E-state index in [-0.39, 0.29) is 23.6 Å². The lowest BCUT2D eigenvalue weighted by molar-refractivity contribution is 0.601. The Hall–Kier alpha value is -1.21. The fourth-order valence-electron chi connectivity index (χ4n) is 3.29. The lowest BCUT2D eigenvalue weighted by atomic mass is 10.1. The minimum absolute atomic E-state index is 0.111. The third-order valence-electron chi connectivity index (χ3n) is 4.48. The molecule has 0 unspecified atom stereocenters. The van der Waals surface area contributed by atoms with E-state index in [1.165, 1.54) is 0 Å². The van der Waals surface area contributed by atoms with Crippen LogP contribution in [0.2, 0.25) is 10.0 Å². The first-order chi connectivity index (χ1) is 12.4. The van der Waals surface area contributed by atoms with Gasteiger partial charge in [0.2, 0.25) is 0 Å². The summed E-state index contributed by atoms with van der Waals surface area (Å²) in [5.74, 6) is 0.970. The number of anilines is 1. The van der Waals surface area contributed by atoms with Crippen molar-refractivity contribution in [3.8, 4) is 0 Å². The molecule has 0 amide bonds. The number of aliphatic imine (C=N–C) groups is 1. The summed E-state index contributed by atoms with van der Waals surface area (Å²) >= 11 is 13.7. The van der Waals surface area contributed by atoms with Crippen LogP contribution in [0.5, 0.6) is 0 Å². The molecule has 26 heavy (non-hydrogen) atoms. The van der Waals surface area contributed by atoms with Gasteiger partial charge in [-0.25, -0.2) is 8.42 Å². The highest BCUT2D eigenvalue weighted by Crippen LogP contribution is 2.36. The summed E-state index contributed by atoms with van der Waals surface area (Å²) in [4.78, 5) is 6.75. The normalized spacial score (nSPS) is 23.8. The van der Waals surface area contributed by atoms with E-state index >= 15 is 0 Å². The Kier molecular flexibility index (Phi) is 4.94. The molecule has 2 aromatic rings. The fraction of sp³-hybridized carbons (Fsp3) is 0.278. The highest BCUT2D eigenvalue weighted by atomic mass is 35.5. The molecule has 2 aliphatic rings. The summed E-state index contributed by atoms with van der Waals surface area (Å²) in [7, 11) is -3.06. The van der Waals surface area contributed by atoms with Gasteiger partial charge in [-0.3, -0.25) is 4.99 Å². The van der Waals surface area contributed by atoms with Gasteiger partial charge in [0.05, 0.1) is 23.6 Å². The van der Waals surface area contributed by atoms with Crippen LogP contribution in [-0.2, 0) is 15.6 Å². The predicted molar refractivity (Wildman–Crippen MR) is 110 cm³/mol. The largest absolute Gasteiger partial charge is 0.315 e. The van der Waals surface area contributed by atoms with Crippen LogP contribution in [0.4, 0.5) is 5.69 Å². The lowest BCUT2D eigenvalue weighted by Crippen LogP contribution is -2.39. The Labute approximate surface area is 167 Å². The number of thioether (sulfide) groups is 1. The Morgan fingerprint density at radius 2 is 1.85 bits per heavy atom. The fourth-order valence-corrected chi connectivity index (χ4v) is 6.52. The molecule has 136 valence electrons. The van der Waals surface area contributed by atoms with Gasteiger partial charge in [-0.1, -0.05) is 53.2 Å². The van der Waals surface area contributed by atoms with Crippen molar-refractivity contribution in [2.75, 3.05) is 16.4 Å². The van der Waals surface area contributed by atoms with E-state index in [1.807, 2.05) is 53.4 Å². The van der Waals surface area contributed by atoms with Crippen molar-refractivity contribution in [2.24, 2.45) is 4.99 Å². The smallest absolute Gasteiger partial charge is 0.164 e. The summed E-state index contributed by atoms with van der Waals surface area (Å²) < 4.78 is 24.1. The SMILES string of the molecule is O=S1(=O)C[C@H]2N=C(SCc3ccc(Cl)cc3)N(c3cccc(Cl)c3)[C@H]2C1. The molecule has 8 heteroatoms.